The standard InChI is InChI=1S/C20H16O7/c21-11-5-1-9(2-6-11)13-14(10-3-7-12(22)8-4-10)18-16(20(25)26)15(19(23)24)17(13)27-18/h1-8,15-18,21-22H,(H,23,24)(H,25,26)/t15-,16+,17-,18+. The minimum Gasteiger partial charge on any atom is -0.508 e. The van der Waals surface area contributed by atoms with Crippen molar-refractivity contribution >= 4 is 23.1 Å². The average Bonchev–Trinajstić information content (AvgIpc) is 3.19. The third-order valence-electron chi connectivity index (χ3n) is 5.12. The van der Waals surface area contributed by atoms with Crippen molar-refractivity contribution in [2.24, 2.45) is 11.8 Å². The molecule has 1 saturated heterocycles. The maximum atomic E-state index is 11.8. The monoisotopic (exact) mass is 368 g/mol. The SMILES string of the molecule is O=C(O)[C@@H]1[C@H](C(=O)O)[C@H]2O[C@@H]1C(c1ccc(O)cc1)=C2c1ccc(O)cc1. The Kier molecular flexibility index (Phi) is 3.89. The molecule has 0 radical (unpaired) electrons. The Morgan fingerprint density at radius 3 is 1.30 bits per heavy atom. The third kappa shape index (κ3) is 2.63. The van der Waals surface area contributed by atoms with Crippen LogP contribution in [0, 0.1) is 11.8 Å². The molecule has 0 aromatic heterocycles. The molecule has 2 heterocycles. The molecule has 0 amide bonds. The molecule has 0 unspecified atom stereocenters. The molecule has 0 saturated carbocycles. The Labute approximate surface area is 153 Å². The third-order valence-corrected chi connectivity index (χ3v) is 5.12. The summed E-state index contributed by atoms with van der Waals surface area (Å²) in [4.78, 5) is 23.6. The van der Waals surface area contributed by atoms with E-state index in [1.165, 1.54) is 24.3 Å². The molecule has 2 bridgehead atoms. The number of phenols is 2. The van der Waals surface area contributed by atoms with Crippen LogP contribution in [-0.2, 0) is 14.3 Å². The lowest BCUT2D eigenvalue weighted by molar-refractivity contribution is -0.152. The number of hydrogen-bond donors (Lipinski definition) is 4. The normalized spacial score (nSPS) is 26.4. The summed E-state index contributed by atoms with van der Waals surface area (Å²) in [5, 5.41) is 38.3. The molecule has 138 valence electrons. The number of hydrogen-bond acceptors (Lipinski definition) is 5. The van der Waals surface area contributed by atoms with Crippen LogP contribution >= 0.6 is 0 Å². The smallest absolute Gasteiger partial charge is 0.310 e. The van der Waals surface area contributed by atoms with Gasteiger partial charge in [-0.25, -0.2) is 0 Å². The molecule has 27 heavy (non-hydrogen) atoms. The largest absolute Gasteiger partial charge is 0.508 e. The van der Waals surface area contributed by atoms with Gasteiger partial charge in [0.25, 0.3) is 0 Å². The number of benzene rings is 2. The predicted molar refractivity (Wildman–Crippen MR) is 93.9 cm³/mol. The number of aromatic hydroxyl groups is 2. The van der Waals surface area contributed by atoms with Crippen molar-refractivity contribution in [1.29, 1.82) is 0 Å². The van der Waals surface area contributed by atoms with Crippen molar-refractivity contribution in [1.82, 2.24) is 0 Å². The zero-order valence-corrected chi connectivity index (χ0v) is 13.9. The fraction of sp³-hybridized carbons (Fsp3) is 0.200. The van der Waals surface area contributed by atoms with Gasteiger partial charge < -0.3 is 25.2 Å². The quantitative estimate of drug-likeness (QED) is 0.652. The summed E-state index contributed by atoms with van der Waals surface area (Å²) in [6.07, 6.45) is -1.83. The Balaban J connectivity index is 1.94. The Morgan fingerprint density at radius 2 is 1.00 bits per heavy atom. The van der Waals surface area contributed by atoms with Gasteiger partial charge in [0, 0.05) is 0 Å². The molecule has 7 heteroatoms. The van der Waals surface area contributed by atoms with Crippen molar-refractivity contribution in [2.75, 3.05) is 0 Å². The number of carboxylic acids is 2. The van der Waals surface area contributed by atoms with Crippen molar-refractivity contribution in [2.45, 2.75) is 12.2 Å². The second kappa shape index (κ2) is 6.14. The Morgan fingerprint density at radius 1 is 0.667 bits per heavy atom. The lowest BCUT2D eigenvalue weighted by Gasteiger charge is -2.27. The van der Waals surface area contributed by atoms with Crippen LogP contribution in [0.3, 0.4) is 0 Å². The number of carboxylic acid groups (broad SMARTS) is 2. The van der Waals surface area contributed by atoms with E-state index >= 15 is 0 Å². The summed E-state index contributed by atoms with van der Waals surface area (Å²) in [7, 11) is 0. The van der Waals surface area contributed by atoms with E-state index in [2.05, 4.69) is 0 Å². The van der Waals surface area contributed by atoms with Gasteiger partial charge in [-0.3, -0.25) is 9.59 Å². The number of phenolic OH excluding ortho intramolecular Hbond substituents is 2. The first kappa shape index (κ1) is 17.1. The summed E-state index contributed by atoms with van der Waals surface area (Å²) in [5.74, 6) is -4.75. The van der Waals surface area contributed by atoms with Gasteiger partial charge in [0.05, 0.1) is 12.2 Å². The summed E-state index contributed by atoms with van der Waals surface area (Å²) in [5.41, 5.74) is 2.49. The number of rotatable bonds is 4. The summed E-state index contributed by atoms with van der Waals surface area (Å²) >= 11 is 0. The van der Waals surface area contributed by atoms with Gasteiger partial charge in [-0.05, 0) is 46.5 Å². The lowest BCUT2D eigenvalue weighted by atomic mass is 9.72. The highest BCUT2D eigenvalue weighted by Crippen LogP contribution is 2.54. The van der Waals surface area contributed by atoms with Crippen molar-refractivity contribution in [3.63, 3.8) is 0 Å². The zero-order valence-electron chi connectivity index (χ0n) is 13.9. The summed E-state index contributed by atoms with van der Waals surface area (Å²) in [6.45, 7) is 0. The molecule has 7 nitrogen and oxygen atoms in total. The van der Waals surface area contributed by atoms with Gasteiger partial charge in [-0.2, -0.15) is 0 Å². The number of fused-ring (bicyclic) bond motifs is 2. The molecular formula is C20H16O7. The lowest BCUT2D eigenvalue weighted by Crippen LogP contribution is -2.39. The van der Waals surface area contributed by atoms with Gasteiger partial charge in [0.1, 0.15) is 23.3 Å². The van der Waals surface area contributed by atoms with Gasteiger partial charge in [0.15, 0.2) is 0 Å². The first-order chi connectivity index (χ1) is 12.9. The average molecular weight is 368 g/mol. The van der Waals surface area contributed by atoms with Crippen LogP contribution in [0.5, 0.6) is 11.5 Å². The highest BCUT2D eigenvalue weighted by atomic mass is 16.5. The van der Waals surface area contributed by atoms with Crippen molar-refractivity contribution < 1.29 is 34.8 Å². The molecule has 2 aliphatic heterocycles. The fourth-order valence-electron chi connectivity index (χ4n) is 3.99. The van der Waals surface area contributed by atoms with E-state index in [4.69, 9.17) is 4.74 Å². The van der Waals surface area contributed by atoms with Crippen LogP contribution in [0.15, 0.2) is 48.5 Å². The molecule has 4 N–H and O–H groups in total. The van der Waals surface area contributed by atoms with Crippen LogP contribution < -0.4 is 0 Å². The van der Waals surface area contributed by atoms with Gasteiger partial charge in [-0.15, -0.1) is 0 Å². The molecule has 0 aliphatic carbocycles. The first-order valence-corrected chi connectivity index (χ1v) is 8.32. The van der Waals surface area contributed by atoms with E-state index < -0.39 is 36.0 Å². The number of aliphatic carboxylic acids is 2. The van der Waals surface area contributed by atoms with E-state index in [-0.39, 0.29) is 11.5 Å². The molecule has 2 aliphatic rings. The Bertz CT molecular complexity index is 866. The molecule has 4 atom stereocenters. The van der Waals surface area contributed by atoms with Crippen LogP contribution in [0.1, 0.15) is 11.1 Å². The summed E-state index contributed by atoms with van der Waals surface area (Å²) in [6, 6.07) is 12.5. The second-order valence-corrected chi connectivity index (χ2v) is 6.63. The van der Waals surface area contributed by atoms with E-state index in [9.17, 15) is 30.0 Å². The van der Waals surface area contributed by atoms with Crippen molar-refractivity contribution in [3.8, 4) is 11.5 Å². The number of ether oxygens (including phenoxy) is 1. The van der Waals surface area contributed by atoms with Gasteiger partial charge in [-0.1, -0.05) is 24.3 Å². The first-order valence-electron chi connectivity index (χ1n) is 8.32. The highest BCUT2D eigenvalue weighted by Gasteiger charge is 2.60. The maximum absolute atomic E-state index is 11.8. The molecular weight excluding hydrogens is 352 g/mol. The van der Waals surface area contributed by atoms with Gasteiger partial charge >= 0.3 is 11.9 Å². The number of carbonyl (C=O) groups is 2. The van der Waals surface area contributed by atoms with Gasteiger partial charge in [0.2, 0.25) is 0 Å². The highest BCUT2D eigenvalue weighted by molar-refractivity contribution is 6.03. The molecule has 0 spiro atoms. The predicted octanol–water partition coefficient (Wildman–Crippen LogP) is 2.19. The van der Waals surface area contributed by atoms with E-state index in [1.54, 1.807) is 24.3 Å². The zero-order chi connectivity index (χ0) is 19.3. The topological polar surface area (TPSA) is 124 Å². The van der Waals surface area contributed by atoms with E-state index in [1.807, 2.05) is 0 Å². The maximum Gasteiger partial charge on any atom is 0.310 e. The second-order valence-electron chi connectivity index (χ2n) is 6.63. The minimum atomic E-state index is -1.23. The summed E-state index contributed by atoms with van der Waals surface area (Å²) < 4.78 is 5.85. The van der Waals surface area contributed by atoms with Crippen LogP contribution in [0.25, 0.3) is 11.1 Å². The van der Waals surface area contributed by atoms with E-state index in [0.29, 0.717) is 22.3 Å². The minimum absolute atomic E-state index is 0.0628. The Hall–Kier alpha value is -3.32. The fourth-order valence-corrected chi connectivity index (χ4v) is 3.99. The van der Waals surface area contributed by atoms with Crippen LogP contribution in [0.2, 0.25) is 0 Å². The van der Waals surface area contributed by atoms with Crippen LogP contribution in [0.4, 0.5) is 0 Å². The van der Waals surface area contributed by atoms with Crippen molar-refractivity contribution in [3.05, 3.63) is 59.7 Å². The van der Waals surface area contributed by atoms with Crippen LogP contribution in [-0.4, -0.2) is 44.6 Å². The van der Waals surface area contributed by atoms with E-state index in [0.717, 1.165) is 0 Å². The molecule has 2 aromatic rings. The molecule has 1 fully saturated rings. The molecule has 2 aromatic carbocycles. The molecule has 4 rings (SSSR count).